The third-order valence-electron chi connectivity index (χ3n) is 5.25. The molecule has 0 aliphatic carbocycles. The molecule has 2 atom stereocenters. The SMILES string of the molecule is CC1CN(Cc2ccccc2CNC(=O)CCNS(=O)(=O)c2ccc(F)cc2)CC(C)O1. The number of morpholine rings is 1. The molecule has 2 aromatic carbocycles. The number of hydrogen-bond acceptors (Lipinski definition) is 5. The third-order valence-corrected chi connectivity index (χ3v) is 6.73. The molecule has 1 saturated heterocycles. The van der Waals surface area contributed by atoms with Crippen molar-refractivity contribution in [2.75, 3.05) is 19.6 Å². The van der Waals surface area contributed by atoms with E-state index in [0.717, 1.165) is 42.9 Å². The summed E-state index contributed by atoms with van der Waals surface area (Å²) in [4.78, 5) is 14.6. The van der Waals surface area contributed by atoms with Crippen LogP contribution in [0.2, 0.25) is 0 Å². The molecule has 2 aromatic rings. The third kappa shape index (κ3) is 7.09. The minimum atomic E-state index is -3.78. The van der Waals surface area contributed by atoms with Crippen LogP contribution in [0.15, 0.2) is 53.4 Å². The molecule has 0 radical (unpaired) electrons. The molecule has 1 amide bonds. The summed E-state index contributed by atoms with van der Waals surface area (Å²) in [6, 6.07) is 12.5. The van der Waals surface area contributed by atoms with Gasteiger partial charge in [-0.15, -0.1) is 0 Å². The molecular formula is C23H30FN3O4S. The van der Waals surface area contributed by atoms with E-state index < -0.39 is 15.8 Å². The second kappa shape index (κ2) is 11.0. The van der Waals surface area contributed by atoms with Crippen LogP contribution in [0, 0.1) is 5.82 Å². The van der Waals surface area contributed by atoms with E-state index in [1.807, 2.05) is 18.2 Å². The lowest BCUT2D eigenvalue weighted by atomic mass is 10.1. The number of sulfonamides is 1. The highest BCUT2D eigenvalue weighted by Crippen LogP contribution is 2.17. The van der Waals surface area contributed by atoms with Crippen LogP contribution >= 0.6 is 0 Å². The molecule has 32 heavy (non-hydrogen) atoms. The highest BCUT2D eigenvalue weighted by atomic mass is 32.2. The molecule has 174 valence electrons. The second-order valence-electron chi connectivity index (χ2n) is 8.10. The lowest BCUT2D eigenvalue weighted by Crippen LogP contribution is -2.45. The summed E-state index contributed by atoms with van der Waals surface area (Å²) in [5, 5.41) is 2.86. The first kappa shape index (κ1) is 24.3. The molecule has 9 heteroatoms. The zero-order chi connectivity index (χ0) is 23.1. The van der Waals surface area contributed by atoms with E-state index in [1.165, 1.54) is 12.1 Å². The standard InChI is InChI=1S/C23H30FN3O4S/c1-17-14-27(15-18(2)31-17)16-20-6-4-3-5-19(20)13-25-23(28)11-12-26-32(29,30)22-9-7-21(24)8-10-22/h3-10,17-18,26H,11-16H2,1-2H3,(H,25,28). The quantitative estimate of drug-likeness (QED) is 0.596. The molecule has 0 aromatic heterocycles. The molecule has 0 saturated carbocycles. The maximum atomic E-state index is 13.0. The van der Waals surface area contributed by atoms with Crippen LogP contribution < -0.4 is 10.0 Å². The molecule has 1 aliphatic heterocycles. The number of ether oxygens (including phenoxy) is 1. The summed E-state index contributed by atoms with van der Waals surface area (Å²) in [5.74, 6) is -0.767. The summed E-state index contributed by atoms with van der Waals surface area (Å²) in [7, 11) is -3.78. The van der Waals surface area contributed by atoms with Crippen molar-refractivity contribution >= 4 is 15.9 Å². The van der Waals surface area contributed by atoms with Crippen LogP contribution in [0.3, 0.4) is 0 Å². The van der Waals surface area contributed by atoms with Crippen molar-refractivity contribution < 1.29 is 22.3 Å². The molecule has 0 spiro atoms. The maximum Gasteiger partial charge on any atom is 0.240 e. The Bertz CT molecular complexity index is 1000. The Kier molecular flexibility index (Phi) is 8.36. The van der Waals surface area contributed by atoms with Gasteiger partial charge in [0.2, 0.25) is 15.9 Å². The smallest absolute Gasteiger partial charge is 0.240 e. The molecule has 2 N–H and O–H groups in total. The Labute approximate surface area is 189 Å². The van der Waals surface area contributed by atoms with Gasteiger partial charge in [-0.2, -0.15) is 0 Å². The predicted molar refractivity (Wildman–Crippen MR) is 120 cm³/mol. The molecule has 1 heterocycles. The van der Waals surface area contributed by atoms with Crippen molar-refractivity contribution in [3.63, 3.8) is 0 Å². The monoisotopic (exact) mass is 463 g/mol. The van der Waals surface area contributed by atoms with Crippen LogP contribution in [-0.2, 0) is 32.6 Å². The number of carbonyl (C=O) groups is 1. The van der Waals surface area contributed by atoms with Crippen molar-refractivity contribution in [3.05, 3.63) is 65.5 Å². The van der Waals surface area contributed by atoms with Crippen molar-refractivity contribution in [2.24, 2.45) is 0 Å². The Morgan fingerprint density at radius 2 is 1.69 bits per heavy atom. The molecule has 1 fully saturated rings. The first-order valence-electron chi connectivity index (χ1n) is 10.7. The highest BCUT2D eigenvalue weighted by molar-refractivity contribution is 7.89. The average molecular weight is 464 g/mol. The van der Waals surface area contributed by atoms with E-state index >= 15 is 0 Å². The van der Waals surface area contributed by atoms with Gasteiger partial charge in [0.15, 0.2) is 0 Å². The van der Waals surface area contributed by atoms with Gasteiger partial charge in [0.1, 0.15) is 5.82 Å². The van der Waals surface area contributed by atoms with Crippen LogP contribution in [0.25, 0.3) is 0 Å². The topological polar surface area (TPSA) is 87.7 Å². The van der Waals surface area contributed by atoms with E-state index in [0.29, 0.717) is 6.54 Å². The molecule has 1 aliphatic rings. The van der Waals surface area contributed by atoms with Crippen molar-refractivity contribution in [3.8, 4) is 0 Å². The fraction of sp³-hybridized carbons (Fsp3) is 0.435. The molecular weight excluding hydrogens is 433 g/mol. The molecule has 2 unspecified atom stereocenters. The number of nitrogens with zero attached hydrogens (tertiary/aromatic N) is 1. The van der Waals surface area contributed by atoms with Gasteiger partial charge in [0, 0.05) is 39.1 Å². The zero-order valence-electron chi connectivity index (χ0n) is 18.4. The lowest BCUT2D eigenvalue weighted by molar-refractivity contribution is -0.121. The number of hydrogen-bond donors (Lipinski definition) is 2. The molecule has 7 nitrogen and oxygen atoms in total. The van der Waals surface area contributed by atoms with Crippen LogP contribution in [-0.4, -0.2) is 51.1 Å². The second-order valence-corrected chi connectivity index (χ2v) is 9.87. The van der Waals surface area contributed by atoms with Gasteiger partial charge in [-0.3, -0.25) is 9.69 Å². The van der Waals surface area contributed by atoms with Gasteiger partial charge < -0.3 is 10.1 Å². The normalized spacial score (nSPS) is 19.6. The van der Waals surface area contributed by atoms with Gasteiger partial charge in [-0.1, -0.05) is 24.3 Å². The van der Waals surface area contributed by atoms with Gasteiger partial charge in [-0.25, -0.2) is 17.5 Å². The Morgan fingerprint density at radius 3 is 2.34 bits per heavy atom. The minimum absolute atomic E-state index is 0.00108. The highest BCUT2D eigenvalue weighted by Gasteiger charge is 2.22. The fourth-order valence-corrected chi connectivity index (χ4v) is 4.85. The summed E-state index contributed by atoms with van der Waals surface area (Å²) < 4.78 is 45.5. The summed E-state index contributed by atoms with van der Waals surface area (Å²) >= 11 is 0. The first-order chi connectivity index (χ1) is 15.2. The van der Waals surface area contributed by atoms with Crippen LogP contribution in [0.4, 0.5) is 4.39 Å². The van der Waals surface area contributed by atoms with Gasteiger partial charge in [-0.05, 0) is 49.2 Å². The number of nitrogens with one attached hydrogen (secondary N) is 2. The van der Waals surface area contributed by atoms with E-state index in [4.69, 9.17) is 4.74 Å². The Hall–Kier alpha value is -2.33. The van der Waals surface area contributed by atoms with E-state index in [9.17, 15) is 17.6 Å². The van der Waals surface area contributed by atoms with E-state index in [1.54, 1.807) is 0 Å². The van der Waals surface area contributed by atoms with E-state index in [2.05, 4.69) is 34.9 Å². The first-order valence-corrected chi connectivity index (χ1v) is 12.2. The largest absolute Gasteiger partial charge is 0.373 e. The summed E-state index contributed by atoms with van der Waals surface area (Å²) in [6.45, 7) is 6.96. The Balaban J connectivity index is 1.48. The van der Waals surface area contributed by atoms with E-state index in [-0.39, 0.29) is 36.0 Å². The molecule has 0 bridgehead atoms. The molecule has 3 rings (SSSR count). The maximum absolute atomic E-state index is 13.0. The number of carbonyl (C=O) groups excluding carboxylic acids is 1. The van der Waals surface area contributed by atoms with Crippen LogP contribution in [0.1, 0.15) is 31.4 Å². The fourth-order valence-electron chi connectivity index (χ4n) is 3.82. The van der Waals surface area contributed by atoms with Crippen molar-refractivity contribution in [1.82, 2.24) is 14.9 Å². The Morgan fingerprint density at radius 1 is 1.06 bits per heavy atom. The number of benzene rings is 2. The number of rotatable bonds is 9. The zero-order valence-corrected chi connectivity index (χ0v) is 19.2. The minimum Gasteiger partial charge on any atom is -0.373 e. The lowest BCUT2D eigenvalue weighted by Gasteiger charge is -2.35. The van der Waals surface area contributed by atoms with Crippen molar-refractivity contribution in [2.45, 2.75) is 50.5 Å². The average Bonchev–Trinajstić information content (AvgIpc) is 2.72. The summed E-state index contributed by atoms with van der Waals surface area (Å²) in [5.41, 5.74) is 2.17. The van der Waals surface area contributed by atoms with Gasteiger partial charge >= 0.3 is 0 Å². The van der Waals surface area contributed by atoms with Crippen molar-refractivity contribution in [1.29, 1.82) is 0 Å². The predicted octanol–water partition coefficient (Wildman–Crippen LogP) is 2.42. The van der Waals surface area contributed by atoms with Crippen LogP contribution in [0.5, 0.6) is 0 Å². The van der Waals surface area contributed by atoms with Gasteiger partial charge in [0.05, 0.1) is 17.1 Å². The summed E-state index contributed by atoms with van der Waals surface area (Å²) in [6.07, 6.45) is 0.370. The van der Waals surface area contributed by atoms with Gasteiger partial charge in [0.25, 0.3) is 0 Å². The number of halogens is 1. The number of amides is 1.